The summed E-state index contributed by atoms with van der Waals surface area (Å²) in [6.07, 6.45) is 6.99. The highest BCUT2D eigenvalue weighted by atomic mass is 35.5. The molecule has 1 aromatic rings. The highest BCUT2D eigenvalue weighted by molar-refractivity contribution is 5.85. The van der Waals surface area contributed by atoms with E-state index in [2.05, 4.69) is 10.3 Å². The molecule has 0 saturated carbocycles. The van der Waals surface area contributed by atoms with Crippen molar-refractivity contribution in [3.05, 3.63) is 18.4 Å². The molecule has 0 bridgehead atoms. The van der Waals surface area contributed by atoms with Gasteiger partial charge in [-0.15, -0.1) is 12.4 Å². The van der Waals surface area contributed by atoms with Gasteiger partial charge in [-0.2, -0.15) is 0 Å². The van der Waals surface area contributed by atoms with Crippen molar-refractivity contribution < 1.29 is 4.42 Å². The third-order valence-electron chi connectivity index (χ3n) is 2.12. The van der Waals surface area contributed by atoms with E-state index >= 15 is 0 Å². The number of hydrogen-bond acceptors (Lipinski definition) is 3. The molecule has 12 heavy (non-hydrogen) atoms. The SMILES string of the molecule is Cl.c1nc(C2CCCCN2)co1. The Kier molecular flexibility index (Phi) is 3.56. The van der Waals surface area contributed by atoms with Crippen molar-refractivity contribution >= 4 is 12.4 Å². The highest BCUT2D eigenvalue weighted by Gasteiger charge is 2.16. The van der Waals surface area contributed by atoms with Gasteiger partial charge in [0.15, 0.2) is 6.39 Å². The van der Waals surface area contributed by atoms with Crippen LogP contribution in [0.3, 0.4) is 0 Å². The Hall–Kier alpha value is -0.540. The number of nitrogens with zero attached hydrogens (tertiary/aromatic N) is 1. The molecule has 0 aliphatic carbocycles. The van der Waals surface area contributed by atoms with Crippen LogP contribution in [-0.4, -0.2) is 11.5 Å². The molecule has 2 heterocycles. The van der Waals surface area contributed by atoms with E-state index in [4.69, 9.17) is 4.42 Å². The minimum Gasteiger partial charge on any atom is -0.451 e. The van der Waals surface area contributed by atoms with Gasteiger partial charge in [0.2, 0.25) is 0 Å². The van der Waals surface area contributed by atoms with Gasteiger partial charge in [0.25, 0.3) is 0 Å². The molecule has 1 fully saturated rings. The molecule has 68 valence electrons. The first-order valence-electron chi connectivity index (χ1n) is 4.08. The second-order valence-corrected chi connectivity index (χ2v) is 2.92. The van der Waals surface area contributed by atoms with Crippen molar-refractivity contribution in [1.82, 2.24) is 10.3 Å². The van der Waals surface area contributed by atoms with Crippen LogP contribution in [0.1, 0.15) is 31.0 Å². The molecule has 3 nitrogen and oxygen atoms in total. The Morgan fingerprint density at radius 3 is 3.00 bits per heavy atom. The van der Waals surface area contributed by atoms with E-state index in [9.17, 15) is 0 Å². The summed E-state index contributed by atoms with van der Waals surface area (Å²) in [7, 11) is 0. The fraction of sp³-hybridized carbons (Fsp3) is 0.625. The summed E-state index contributed by atoms with van der Waals surface area (Å²) < 4.78 is 4.92. The largest absolute Gasteiger partial charge is 0.451 e. The Morgan fingerprint density at radius 2 is 2.42 bits per heavy atom. The number of rotatable bonds is 1. The smallest absolute Gasteiger partial charge is 0.180 e. The quantitative estimate of drug-likeness (QED) is 0.732. The summed E-state index contributed by atoms with van der Waals surface area (Å²) in [6.45, 7) is 1.11. The first-order valence-corrected chi connectivity index (χ1v) is 4.08. The van der Waals surface area contributed by atoms with E-state index in [1.807, 2.05) is 0 Å². The molecule has 0 radical (unpaired) electrons. The van der Waals surface area contributed by atoms with Crippen LogP contribution in [0.15, 0.2) is 17.1 Å². The zero-order valence-corrected chi connectivity index (χ0v) is 7.64. The average molecular weight is 189 g/mol. The van der Waals surface area contributed by atoms with E-state index in [0.29, 0.717) is 6.04 Å². The molecule has 1 aromatic heterocycles. The second kappa shape index (κ2) is 4.48. The Balaban J connectivity index is 0.000000720. The van der Waals surface area contributed by atoms with Crippen LogP contribution in [0.2, 0.25) is 0 Å². The van der Waals surface area contributed by atoms with Crippen LogP contribution >= 0.6 is 12.4 Å². The third kappa shape index (κ3) is 1.99. The van der Waals surface area contributed by atoms with Crippen molar-refractivity contribution in [2.75, 3.05) is 6.54 Å². The highest BCUT2D eigenvalue weighted by Crippen LogP contribution is 2.20. The Bertz CT molecular complexity index is 207. The maximum absolute atomic E-state index is 4.92. The van der Waals surface area contributed by atoms with E-state index in [1.54, 1.807) is 6.26 Å². The number of nitrogens with one attached hydrogen (secondary N) is 1. The summed E-state index contributed by atoms with van der Waals surface area (Å²) in [6, 6.07) is 0.433. The fourth-order valence-corrected chi connectivity index (χ4v) is 1.50. The molecule has 0 aromatic carbocycles. The van der Waals surface area contributed by atoms with Gasteiger partial charge in [0, 0.05) is 0 Å². The summed E-state index contributed by atoms with van der Waals surface area (Å²) in [5.74, 6) is 0. The van der Waals surface area contributed by atoms with Crippen LogP contribution in [0.4, 0.5) is 0 Å². The van der Waals surface area contributed by atoms with Gasteiger partial charge in [0.05, 0.1) is 11.7 Å². The molecule has 1 aliphatic heterocycles. The molecule has 1 unspecified atom stereocenters. The van der Waals surface area contributed by atoms with Gasteiger partial charge in [-0.3, -0.25) is 0 Å². The van der Waals surface area contributed by atoms with Gasteiger partial charge in [0.1, 0.15) is 6.26 Å². The van der Waals surface area contributed by atoms with Gasteiger partial charge in [-0.1, -0.05) is 6.42 Å². The monoisotopic (exact) mass is 188 g/mol. The van der Waals surface area contributed by atoms with Gasteiger partial charge in [-0.25, -0.2) is 4.98 Å². The standard InChI is InChI=1S/C8H12N2O.ClH/c1-2-4-9-7(3-1)8-5-11-6-10-8;/h5-7,9H,1-4H2;1H. The zero-order valence-electron chi connectivity index (χ0n) is 6.82. The van der Waals surface area contributed by atoms with Crippen LogP contribution in [0, 0.1) is 0 Å². The minimum absolute atomic E-state index is 0. The van der Waals surface area contributed by atoms with Gasteiger partial charge < -0.3 is 9.73 Å². The molecule has 1 N–H and O–H groups in total. The average Bonchev–Trinajstić information content (AvgIpc) is 2.58. The topological polar surface area (TPSA) is 38.1 Å². The van der Waals surface area contributed by atoms with Crippen molar-refractivity contribution in [2.45, 2.75) is 25.3 Å². The maximum atomic E-state index is 4.92. The lowest BCUT2D eigenvalue weighted by molar-refractivity contribution is 0.404. The molecule has 0 amide bonds. The first kappa shape index (κ1) is 9.55. The lowest BCUT2D eigenvalue weighted by Gasteiger charge is -2.20. The second-order valence-electron chi connectivity index (χ2n) is 2.92. The number of halogens is 1. The number of hydrogen-bond donors (Lipinski definition) is 1. The molecule has 2 rings (SSSR count). The normalized spacial score (nSPS) is 23.2. The molecule has 0 spiro atoms. The van der Waals surface area contributed by atoms with Crippen molar-refractivity contribution in [1.29, 1.82) is 0 Å². The molecule has 4 heteroatoms. The molecule has 1 atom stereocenters. The van der Waals surface area contributed by atoms with E-state index in [-0.39, 0.29) is 12.4 Å². The fourth-order valence-electron chi connectivity index (χ4n) is 1.50. The van der Waals surface area contributed by atoms with Gasteiger partial charge >= 0.3 is 0 Å². The number of oxazole rings is 1. The summed E-state index contributed by atoms with van der Waals surface area (Å²) in [5.41, 5.74) is 1.05. The third-order valence-corrected chi connectivity index (χ3v) is 2.12. The van der Waals surface area contributed by atoms with E-state index in [1.165, 1.54) is 25.7 Å². The van der Waals surface area contributed by atoms with E-state index < -0.39 is 0 Å². The summed E-state index contributed by atoms with van der Waals surface area (Å²) >= 11 is 0. The predicted octanol–water partition coefficient (Wildman–Crippen LogP) is 1.91. The minimum atomic E-state index is 0. The lowest BCUT2D eigenvalue weighted by Crippen LogP contribution is -2.26. The summed E-state index contributed by atoms with van der Waals surface area (Å²) in [4.78, 5) is 4.11. The van der Waals surface area contributed by atoms with Gasteiger partial charge in [-0.05, 0) is 19.4 Å². The maximum Gasteiger partial charge on any atom is 0.180 e. The van der Waals surface area contributed by atoms with Crippen LogP contribution in [0.5, 0.6) is 0 Å². The molecule has 1 saturated heterocycles. The Labute approximate surface area is 78.0 Å². The van der Waals surface area contributed by atoms with Crippen LogP contribution < -0.4 is 5.32 Å². The van der Waals surface area contributed by atoms with Crippen LogP contribution in [0.25, 0.3) is 0 Å². The van der Waals surface area contributed by atoms with Crippen molar-refractivity contribution in [3.8, 4) is 0 Å². The lowest BCUT2D eigenvalue weighted by atomic mass is 10.0. The summed E-state index contributed by atoms with van der Waals surface area (Å²) in [5, 5.41) is 3.40. The first-order chi connectivity index (χ1) is 5.47. The van der Waals surface area contributed by atoms with E-state index in [0.717, 1.165) is 12.2 Å². The molecular formula is C8H13ClN2O. The van der Waals surface area contributed by atoms with Crippen LogP contribution in [-0.2, 0) is 0 Å². The molecule has 1 aliphatic rings. The number of aromatic nitrogens is 1. The predicted molar refractivity (Wildman–Crippen MR) is 48.3 cm³/mol. The molecular weight excluding hydrogens is 176 g/mol. The number of piperidine rings is 1. The van der Waals surface area contributed by atoms with Crippen molar-refractivity contribution in [2.24, 2.45) is 0 Å². The van der Waals surface area contributed by atoms with Crippen molar-refractivity contribution in [3.63, 3.8) is 0 Å². The Morgan fingerprint density at radius 1 is 1.50 bits per heavy atom. The zero-order chi connectivity index (χ0) is 7.52.